The maximum Gasteiger partial charge on any atom is 0.306 e. The van der Waals surface area contributed by atoms with E-state index in [2.05, 4.69) is 106 Å². The van der Waals surface area contributed by atoms with Crippen molar-refractivity contribution in [2.75, 3.05) is 13.2 Å². The first-order valence-corrected chi connectivity index (χ1v) is 31.1. The van der Waals surface area contributed by atoms with Crippen molar-refractivity contribution < 1.29 is 28.6 Å². The van der Waals surface area contributed by atoms with Crippen LogP contribution in [0.5, 0.6) is 0 Å². The number of unbranched alkanes of at least 4 members (excludes halogenated alkanes) is 31. The third-order valence-corrected chi connectivity index (χ3v) is 13.4. The van der Waals surface area contributed by atoms with E-state index < -0.39 is 6.10 Å². The van der Waals surface area contributed by atoms with E-state index in [9.17, 15) is 14.4 Å². The average Bonchev–Trinajstić information content (AvgIpc) is 3.39. The lowest BCUT2D eigenvalue weighted by Crippen LogP contribution is -2.30. The minimum Gasteiger partial charge on any atom is -0.462 e. The van der Waals surface area contributed by atoms with Gasteiger partial charge in [0, 0.05) is 19.3 Å². The van der Waals surface area contributed by atoms with Crippen LogP contribution in [0, 0.1) is 0 Å². The van der Waals surface area contributed by atoms with Crippen LogP contribution in [0.3, 0.4) is 0 Å². The first kappa shape index (κ1) is 69.6. The summed E-state index contributed by atoms with van der Waals surface area (Å²) in [6.07, 6.45) is 80.5. The van der Waals surface area contributed by atoms with Gasteiger partial charge < -0.3 is 14.2 Å². The maximum absolute atomic E-state index is 12.8. The molecule has 1 atom stereocenters. The van der Waals surface area contributed by atoms with Crippen molar-refractivity contribution in [1.29, 1.82) is 0 Å². The Bertz CT molecular complexity index is 1400. The monoisotopic (exact) mass is 1020 g/mol. The molecule has 0 aromatic rings. The number of ether oxygens (including phenoxy) is 3. The Morgan fingerprint density at radius 1 is 0.288 bits per heavy atom. The summed E-state index contributed by atoms with van der Waals surface area (Å²) in [6, 6.07) is 0. The molecule has 420 valence electrons. The molecule has 0 saturated heterocycles. The number of rotatable bonds is 56. The molecule has 0 N–H and O–H groups in total. The van der Waals surface area contributed by atoms with Crippen LogP contribution in [0.4, 0.5) is 0 Å². The Morgan fingerprint density at radius 2 is 0.534 bits per heavy atom. The molecule has 0 amide bonds. The lowest BCUT2D eigenvalue weighted by molar-refractivity contribution is -0.167. The van der Waals surface area contributed by atoms with Gasteiger partial charge in [-0.1, -0.05) is 292 Å². The van der Waals surface area contributed by atoms with E-state index in [4.69, 9.17) is 14.2 Å². The van der Waals surface area contributed by atoms with Crippen LogP contribution in [0.25, 0.3) is 0 Å². The standard InChI is InChI=1S/C67H116O6/c1-4-7-10-13-16-18-20-22-24-26-28-30-32-33-34-35-36-38-39-41-43-45-47-49-51-54-57-60-66(69)72-63-64(62-71-65(68)59-56-53-15-12-9-6-3)73-67(70)61-58-55-52-50-48-46-44-42-40-37-31-29-27-25-23-21-19-17-14-11-8-5-2/h7,10,16,18,22,24,28,30,33-34,36,38,41,43,64H,4-6,8-9,11-15,17,19-21,23,25-27,29,31-32,35,37,39-40,42,44-63H2,1-3H3/b10-7-,18-16-,24-22-,30-28-,34-33-,38-36-,43-41-. The van der Waals surface area contributed by atoms with Crippen LogP contribution in [0.2, 0.25) is 0 Å². The van der Waals surface area contributed by atoms with E-state index in [1.54, 1.807) is 0 Å². The highest BCUT2D eigenvalue weighted by atomic mass is 16.6. The highest BCUT2D eigenvalue weighted by Gasteiger charge is 2.19. The quantitative estimate of drug-likeness (QED) is 0.0261. The zero-order valence-electron chi connectivity index (χ0n) is 48.1. The summed E-state index contributed by atoms with van der Waals surface area (Å²) in [5, 5.41) is 0. The fraction of sp³-hybridized carbons (Fsp3) is 0.746. The second-order valence-electron chi connectivity index (χ2n) is 20.6. The second kappa shape index (κ2) is 61.1. The minimum absolute atomic E-state index is 0.0805. The van der Waals surface area contributed by atoms with Gasteiger partial charge in [0.1, 0.15) is 13.2 Å². The molecular formula is C67H116O6. The van der Waals surface area contributed by atoms with E-state index in [0.717, 1.165) is 122 Å². The van der Waals surface area contributed by atoms with Crippen molar-refractivity contribution in [3.05, 3.63) is 85.1 Å². The van der Waals surface area contributed by atoms with Crippen molar-refractivity contribution in [1.82, 2.24) is 0 Å². The molecule has 0 spiro atoms. The highest BCUT2D eigenvalue weighted by Crippen LogP contribution is 2.17. The third-order valence-electron chi connectivity index (χ3n) is 13.4. The van der Waals surface area contributed by atoms with Crippen LogP contribution in [-0.4, -0.2) is 37.2 Å². The third kappa shape index (κ3) is 59.3. The minimum atomic E-state index is -0.780. The Labute approximate surface area is 452 Å². The molecule has 73 heavy (non-hydrogen) atoms. The predicted octanol–water partition coefficient (Wildman–Crippen LogP) is 21.1. The molecule has 6 nitrogen and oxygen atoms in total. The summed E-state index contributed by atoms with van der Waals surface area (Å²) in [5.74, 6) is -0.899. The summed E-state index contributed by atoms with van der Waals surface area (Å²) in [5.41, 5.74) is 0. The molecule has 0 rings (SSSR count). The number of allylic oxidation sites excluding steroid dienone is 14. The Kier molecular flexibility index (Phi) is 58.3. The molecule has 0 aromatic carbocycles. The van der Waals surface area contributed by atoms with Crippen molar-refractivity contribution in [3.63, 3.8) is 0 Å². The van der Waals surface area contributed by atoms with Gasteiger partial charge in [-0.15, -0.1) is 0 Å². The SMILES string of the molecule is CC/C=C\C/C=C\C/C=C\C/C=C\C/C=C\C/C=C\C/C=C\CCCCCCCC(=O)OCC(COC(=O)CCCCCCCC)OC(=O)CCCCCCCCCCCCCCCCCCCCCCCC. The van der Waals surface area contributed by atoms with Crippen LogP contribution in [0.1, 0.15) is 303 Å². The normalized spacial score (nSPS) is 12.6. The maximum atomic E-state index is 12.8. The lowest BCUT2D eigenvalue weighted by atomic mass is 10.0. The van der Waals surface area contributed by atoms with Crippen LogP contribution in [0.15, 0.2) is 85.1 Å². The van der Waals surface area contributed by atoms with E-state index in [1.165, 1.54) is 141 Å². The van der Waals surface area contributed by atoms with Gasteiger partial charge >= 0.3 is 17.9 Å². The van der Waals surface area contributed by atoms with Crippen molar-refractivity contribution in [2.45, 2.75) is 309 Å². The van der Waals surface area contributed by atoms with E-state index >= 15 is 0 Å². The van der Waals surface area contributed by atoms with E-state index in [1.807, 2.05) is 0 Å². The lowest BCUT2D eigenvalue weighted by Gasteiger charge is -2.18. The predicted molar refractivity (Wildman–Crippen MR) is 316 cm³/mol. The van der Waals surface area contributed by atoms with Gasteiger partial charge in [0.15, 0.2) is 6.10 Å². The second-order valence-corrected chi connectivity index (χ2v) is 20.6. The molecule has 0 radical (unpaired) electrons. The molecule has 1 unspecified atom stereocenters. The fourth-order valence-electron chi connectivity index (χ4n) is 8.78. The molecule has 0 bridgehead atoms. The number of hydrogen-bond donors (Lipinski definition) is 0. The molecule has 0 aromatic heterocycles. The summed E-state index contributed by atoms with van der Waals surface area (Å²) >= 11 is 0. The van der Waals surface area contributed by atoms with Crippen LogP contribution in [-0.2, 0) is 28.6 Å². The molecule has 0 aliphatic heterocycles. The van der Waals surface area contributed by atoms with E-state index in [0.29, 0.717) is 19.3 Å². The van der Waals surface area contributed by atoms with Gasteiger partial charge in [-0.05, 0) is 77.0 Å². The Morgan fingerprint density at radius 3 is 0.836 bits per heavy atom. The van der Waals surface area contributed by atoms with Gasteiger partial charge in [-0.3, -0.25) is 14.4 Å². The average molecular weight is 1020 g/mol. The van der Waals surface area contributed by atoms with E-state index in [-0.39, 0.29) is 31.1 Å². The molecular weight excluding hydrogens is 901 g/mol. The number of carbonyl (C=O) groups excluding carboxylic acids is 3. The Hall–Kier alpha value is -3.41. The molecule has 0 fully saturated rings. The number of hydrogen-bond acceptors (Lipinski definition) is 6. The Balaban J connectivity index is 4.15. The van der Waals surface area contributed by atoms with Gasteiger partial charge in [0.05, 0.1) is 0 Å². The van der Waals surface area contributed by atoms with Gasteiger partial charge in [0.25, 0.3) is 0 Å². The topological polar surface area (TPSA) is 78.9 Å². The van der Waals surface area contributed by atoms with Crippen molar-refractivity contribution in [2.24, 2.45) is 0 Å². The van der Waals surface area contributed by atoms with Crippen LogP contribution >= 0.6 is 0 Å². The largest absolute Gasteiger partial charge is 0.462 e. The number of esters is 3. The zero-order valence-corrected chi connectivity index (χ0v) is 48.1. The summed E-state index contributed by atoms with van der Waals surface area (Å²) in [7, 11) is 0. The van der Waals surface area contributed by atoms with Crippen LogP contribution < -0.4 is 0 Å². The van der Waals surface area contributed by atoms with Gasteiger partial charge in [-0.25, -0.2) is 0 Å². The van der Waals surface area contributed by atoms with Crippen molar-refractivity contribution in [3.8, 4) is 0 Å². The smallest absolute Gasteiger partial charge is 0.306 e. The highest BCUT2D eigenvalue weighted by molar-refractivity contribution is 5.71. The molecule has 0 heterocycles. The summed E-state index contributed by atoms with van der Waals surface area (Å²) < 4.78 is 16.8. The van der Waals surface area contributed by atoms with Gasteiger partial charge in [0.2, 0.25) is 0 Å². The molecule has 6 heteroatoms. The molecule has 0 aliphatic rings. The van der Waals surface area contributed by atoms with Gasteiger partial charge in [-0.2, -0.15) is 0 Å². The van der Waals surface area contributed by atoms with Crippen molar-refractivity contribution >= 4 is 17.9 Å². The fourth-order valence-corrected chi connectivity index (χ4v) is 8.78. The molecule has 0 saturated carbocycles. The summed E-state index contributed by atoms with van der Waals surface area (Å²) in [4.78, 5) is 38.0. The molecule has 0 aliphatic carbocycles. The number of carbonyl (C=O) groups is 3. The zero-order chi connectivity index (χ0) is 52.9. The summed E-state index contributed by atoms with van der Waals surface area (Å²) in [6.45, 7) is 6.48. The first-order valence-electron chi connectivity index (χ1n) is 31.1. The first-order chi connectivity index (χ1) is 36.0.